The first-order valence-electron chi connectivity index (χ1n) is 10.6. The molecule has 3 aromatic rings. The van der Waals surface area contributed by atoms with Crippen LogP contribution in [-0.2, 0) is 16.0 Å². The average Bonchev–Trinajstić information content (AvgIpc) is 3.19. The number of para-hydroxylation sites is 1. The van der Waals surface area contributed by atoms with Gasteiger partial charge in [-0.15, -0.1) is 0 Å². The van der Waals surface area contributed by atoms with E-state index in [1.165, 1.54) is 4.90 Å². The lowest BCUT2D eigenvalue weighted by atomic mass is 9.86. The molecule has 1 saturated heterocycles. The Balaban J connectivity index is 1.71. The van der Waals surface area contributed by atoms with Crippen molar-refractivity contribution in [3.63, 3.8) is 0 Å². The SMILES string of the molecule is COc1ccc([C@H]2c3[nH]c4ccccc4c3C[C@H]3C(=O)N(CCO)CC(=O)N23)cc1OC. The van der Waals surface area contributed by atoms with E-state index in [-0.39, 0.29) is 31.5 Å². The number of amides is 2. The maximum absolute atomic E-state index is 13.3. The standard InChI is InChI=1S/C24H25N3O5/c1-31-19-8-7-14(11-20(19)32-2)23-22-16(15-5-3-4-6-17(15)25-22)12-18-24(30)26(9-10-28)13-21(29)27(18)23/h3-8,11,18,23,25,28H,9-10,12-13H2,1-2H3/t18-,23-/m0/s1. The molecule has 8 heteroatoms. The van der Waals surface area contributed by atoms with E-state index in [1.54, 1.807) is 19.1 Å². The Kier molecular flexibility index (Phi) is 5.01. The number of aliphatic hydroxyl groups is 1. The van der Waals surface area contributed by atoms with Gasteiger partial charge >= 0.3 is 0 Å². The third-order valence-electron chi connectivity index (χ3n) is 6.44. The zero-order chi connectivity index (χ0) is 22.4. The van der Waals surface area contributed by atoms with Gasteiger partial charge in [0.15, 0.2) is 11.5 Å². The van der Waals surface area contributed by atoms with Crippen LogP contribution in [0.15, 0.2) is 42.5 Å². The fourth-order valence-corrected chi connectivity index (χ4v) is 5.00. The van der Waals surface area contributed by atoms with Crippen LogP contribution < -0.4 is 9.47 Å². The van der Waals surface area contributed by atoms with Gasteiger partial charge in [0.2, 0.25) is 11.8 Å². The van der Waals surface area contributed by atoms with Gasteiger partial charge in [0.1, 0.15) is 6.04 Å². The predicted molar refractivity (Wildman–Crippen MR) is 118 cm³/mol. The summed E-state index contributed by atoms with van der Waals surface area (Å²) in [7, 11) is 3.15. The number of H-pyrrole nitrogens is 1. The smallest absolute Gasteiger partial charge is 0.246 e. The number of aliphatic hydroxyl groups excluding tert-OH is 1. The van der Waals surface area contributed by atoms with Crippen molar-refractivity contribution >= 4 is 22.7 Å². The lowest BCUT2D eigenvalue weighted by Crippen LogP contribution is -2.63. The molecule has 2 N–H and O–H groups in total. The molecule has 0 saturated carbocycles. The fourth-order valence-electron chi connectivity index (χ4n) is 5.00. The predicted octanol–water partition coefficient (Wildman–Crippen LogP) is 1.86. The minimum Gasteiger partial charge on any atom is -0.493 e. The molecule has 0 aliphatic carbocycles. The van der Waals surface area contributed by atoms with E-state index < -0.39 is 12.1 Å². The molecule has 2 atom stereocenters. The van der Waals surface area contributed by atoms with Gasteiger partial charge in [-0.1, -0.05) is 24.3 Å². The van der Waals surface area contributed by atoms with Crippen LogP contribution in [0.2, 0.25) is 0 Å². The lowest BCUT2D eigenvalue weighted by Gasteiger charge is -2.47. The average molecular weight is 435 g/mol. The summed E-state index contributed by atoms with van der Waals surface area (Å²) >= 11 is 0. The molecule has 166 valence electrons. The van der Waals surface area contributed by atoms with Crippen LogP contribution >= 0.6 is 0 Å². The molecule has 3 heterocycles. The molecule has 0 radical (unpaired) electrons. The van der Waals surface area contributed by atoms with Gasteiger partial charge in [-0.2, -0.15) is 0 Å². The van der Waals surface area contributed by atoms with Gasteiger partial charge in [-0.25, -0.2) is 0 Å². The maximum Gasteiger partial charge on any atom is 0.246 e. The topological polar surface area (TPSA) is 95.1 Å². The van der Waals surface area contributed by atoms with Gasteiger partial charge in [0, 0.05) is 29.6 Å². The van der Waals surface area contributed by atoms with Crippen LogP contribution in [0.3, 0.4) is 0 Å². The van der Waals surface area contributed by atoms with E-state index in [2.05, 4.69) is 4.98 Å². The van der Waals surface area contributed by atoms with E-state index in [0.717, 1.165) is 27.7 Å². The number of fused-ring (bicyclic) bond motifs is 4. The number of rotatable bonds is 5. The van der Waals surface area contributed by atoms with Crippen molar-refractivity contribution in [3.05, 3.63) is 59.3 Å². The molecule has 2 aromatic carbocycles. The van der Waals surface area contributed by atoms with Gasteiger partial charge in [0.05, 0.1) is 33.4 Å². The molecule has 2 aliphatic heterocycles. The summed E-state index contributed by atoms with van der Waals surface area (Å²) in [5.41, 5.74) is 3.74. The number of piperazine rings is 1. The minimum atomic E-state index is -0.632. The molecule has 2 aliphatic rings. The largest absolute Gasteiger partial charge is 0.493 e. The molecule has 2 amide bonds. The van der Waals surface area contributed by atoms with E-state index in [9.17, 15) is 14.7 Å². The summed E-state index contributed by atoms with van der Waals surface area (Å²) in [6.07, 6.45) is 0.426. The first-order chi connectivity index (χ1) is 15.6. The zero-order valence-electron chi connectivity index (χ0n) is 18.0. The molecule has 5 rings (SSSR count). The van der Waals surface area contributed by atoms with E-state index in [4.69, 9.17) is 9.47 Å². The van der Waals surface area contributed by atoms with Crippen molar-refractivity contribution < 1.29 is 24.2 Å². The Morgan fingerprint density at radius 2 is 1.88 bits per heavy atom. The molecule has 1 aromatic heterocycles. The van der Waals surface area contributed by atoms with E-state index in [0.29, 0.717) is 17.9 Å². The van der Waals surface area contributed by atoms with Crippen LogP contribution in [0.1, 0.15) is 22.9 Å². The summed E-state index contributed by atoms with van der Waals surface area (Å²) in [4.78, 5) is 33.3. The Hall–Kier alpha value is -3.52. The zero-order valence-corrected chi connectivity index (χ0v) is 18.0. The summed E-state index contributed by atoms with van der Waals surface area (Å²) < 4.78 is 10.9. The minimum absolute atomic E-state index is 0.0464. The van der Waals surface area contributed by atoms with Crippen LogP contribution in [-0.4, -0.2) is 71.7 Å². The van der Waals surface area contributed by atoms with Crippen LogP contribution in [0.4, 0.5) is 0 Å². The number of hydrogen-bond donors (Lipinski definition) is 2. The van der Waals surface area contributed by atoms with Crippen LogP contribution in [0, 0.1) is 0 Å². The molecule has 0 spiro atoms. The highest BCUT2D eigenvalue weighted by Gasteiger charge is 2.48. The van der Waals surface area contributed by atoms with Crippen molar-refractivity contribution in [1.82, 2.24) is 14.8 Å². The number of aromatic nitrogens is 1. The number of β-amino-alcohol motifs (C(OH)–C–C–N with tert-alkyl or cyclic N) is 1. The third kappa shape index (κ3) is 3.02. The van der Waals surface area contributed by atoms with Crippen LogP contribution in [0.5, 0.6) is 11.5 Å². The molecule has 32 heavy (non-hydrogen) atoms. The first kappa shape index (κ1) is 20.4. The number of aromatic amines is 1. The van der Waals surface area contributed by atoms with E-state index >= 15 is 0 Å². The number of hydrogen-bond acceptors (Lipinski definition) is 5. The number of nitrogens with zero attached hydrogens (tertiary/aromatic N) is 2. The van der Waals surface area contributed by atoms with Crippen molar-refractivity contribution in [2.45, 2.75) is 18.5 Å². The third-order valence-corrected chi connectivity index (χ3v) is 6.44. The number of carbonyl (C=O) groups excluding carboxylic acids is 2. The Bertz CT molecular complexity index is 1200. The first-order valence-corrected chi connectivity index (χ1v) is 10.6. The molecule has 1 fully saturated rings. The number of methoxy groups -OCH3 is 2. The lowest BCUT2D eigenvalue weighted by molar-refractivity contribution is -0.159. The van der Waals surface area contributed by atoms with E-state index in [1.807, 2.05) is 42.5 Å². The second-order valence-electron chi connectivity index (χ2n) is 8.08. The quantitative estimate of drug-likeness (QED) is 0.638. The highest BCUT2D eigenvalue weighted by Crippen LogP contribution is 2.44. The summed E-state index contributed by atoms with van der Waals surface area (Å²) in [5, 5.41) is 10.4. The van der Waals surface area contributed by atoms with Crippen molar-refractivity contribution in [2.24, 2.45) is 0 Å². The number of ether oxygens (including phenoxy) is 2. The molecular weight excluding hydrogens is 410 g/mol. The summed E-state index contributed by atoms with van der Waals surface area (Å²) in [5.74, 6) is 0.866. The van der Waals surface area contributed by atoms with Gasteiger partial charge < -0.3 is 29.4 Å². The molecule has 0 unspecified atom stereocenters. The summed E-state index contributed by atoms with van der Waals surface area (Å²) in [6, 6.07) is 12.4. The number of nitrogens with one attached hydrogen (secondary N) is 1. The Labute approximate surface area is 185 Å². The molecular formula is C24H25N3O5. The highest BCUT2D eigenvalue weighted by atomic mass is 16.5. The normalized spacial score (nSPS) is 20.3. The maximum atomic E-state index is 13.3. The van der Waals surface area contributed by atoms with Gasteiger partial charge in [-0.3, -0.25) is 9.59 Å². The monoisotopic (exact) mass is 435 g/mol. The molecule has 0 bridgehead atoms. The molecule has 8 nitrogen and oxygen atoms in total. The fraction of sp³-hybridized carbons (Fsp3) is 0.333. The number of benzene rings is 2. The van der Waals surface area contributed by atoms with Gasteiger partial charge in [-0.05, 0) is 29.3 Å². The summed E-state index contributed by atoms with van der Waals surface area (Å²) in [6.45, 7) is -0.0743. The second-order valence-corrected chi connectivity index (χ2v) is 8.08. The van der Waals surface area contributed by atoms with Crippen molar-refractivity contribution in [3.8, 4) is 11.5 Å². The Morgan fingerprint density at radius 1 is 1.09 bits per heavy atom. The second kappa shape index (κ2) is 7.87. The van der Waals surface area contributed by atoms with Gasteiger partial charge in [0.25, 0.3) is 0 Å². The highest BCUT2D eigenvalue weighted by molar-refractivity contribution is 5.97. The van der Waals surface area contributed by atoms with Crippen molar-refractivity contribution in [1.29, 1.82) is 0 Å². The van der Waals surface area contributed by atoms with Crippen LogP contribution in [0.25, 0.3) is 10.9 Å². The van der Waals surface area contributed by atoms with Crippen molar-refractivity contribution in [2.75, 3.05) is 33.9 Å². The Morgan fingerprint density at radius 3 is 2.62 bits per heavy atom. The number of carbonyl (C=O) groups is 2.